The van der Waals surface area contributed by atoms with Gasteiger partial charge in [0.1, 0.15) is 11.3 Å². The van der Waals surface area contributed by atoms with Gasteiger partial charge in [-0.2, -0.15) is 0 Å². The number of hydrogen-bond acceptors (Lipinski definition) is 3. The van der Waals surface area contributed by atoms with Crippen LogP contribution in [-0.2, 0) is 0 Å². The molecule has 0 spiro atoms. The number of aromatic nitrogens is 1. The molecule has 2 rings (SSSR count). The van der Waals surface area contributed by atoms with Crippen molar-refractivity contribution in [1.29, 1.82) is 0 Å². The zero-order valence-electron chi connectivity index (χ0n) is 8.52. The number of fused-ring (bicyclic) bond motifs is 1. The topological polar surface area (TPSA) is 59.1 Å². The SMILES string of the molecule is NCC=Cc1cc(Cl)c2cccnc2c1O. The molecule has 3 nitrogen and oxygen atoms in total. The van der Waals surface area contributed by atoms with E-state index in [-0.39, 0.29) is 5.75 Å². The van der Waals surface area contributed by atoms with E-state index in [1.54, 1.807) is 30.5 Å². The van der Waals surface area contributed by atoms with Crippen molar-refractivity contribution in [3.05, 3.63) is 41.1 Å². The van der Waals surface area contributed by atoms with Crippen LogP contribution in [0.4, 0.5) is 0 Å². The molecule has 2 aromatic rings. The Morgan fingerprint density at radius 3 is 3.06 bits per heavy atom. The molecule has 1 aromatic heterocycles. The highest BCUT2D eigenvalue weighted by atomic mass is 35.5. The van der Waals surface area contributed by atoms with E-state index in [0.717, 1.165) is 5.39 Å². The smallest absolute Gasteiger partial charge is 0.149 e. The summed E-state index contributed by atoms with van der Waals surface area (Å²) in [5, 5.41) is 11.3. The summed E-state index contributed by atoms with van der Waals surface area (Å²) in [4.78, 5) is 4.11. The van der Waals surface area contributed by atoms with Crippen molar-refractivity contribution in [1.82, 2.24) is 4.98 Å². The zero-order valence-corrected chi connectivity index (χ0v) is 9.28. The Kier molecular flexibility index (Phi) is 3.08. The maximum atomic E-state index is 9.99. The van der Waals surface area contributed by atoms with Gasteiger partial charge in [-0.05, 0) is 18.2 Å². The minimum atomic E-state index is 0.129. The molecule has 0 aliphatic carbocycles. The number of nitrogens with zero attached hydrogens (tertiary/aromatic N) is 1. The summed E-state index contributed by atoms with van der Waals surface area (Å²) in [7, 11) is 0. The number of pyridine rings is 1. The Morgan fingerprint density at radius 1 is 1.50 bits per heavy atom. The van der Waals surface area contributed by atoms with E-state index < -0.39 is 0 Å². The third-order valence-electron chi connectivity index (χ3n) is 2.28. The first-order chi connectivity index (χ1) is 7.74. The molecule has 0 aliphatic heterocycles. The lowest BCUT2D eigenvalue weighted by molar-refractivity contribution is 0.479. The maximum absolute atomic E-state index is 9.99. The second-order valence-electron chi connectivity index (χ2n) is 3.33. The van der Waals surface area contributed by atoms with Crippen molar-refractivity contribution in [2.75, 3.05) is 6.54 Å². The van der Waals surface area contributed by atoms with Crippen molar-refractivity contribution in [3.63, 3.8) is 0 Å². The van der Waals surface area contributed by atoms with Crippen molar-refractivity contribution >= 4 is 28.6 Å². The van der Waals surface area contributed by atoms with Gasteiger partial charge in [-0.3, -0.25) is 4.98 Å². The first-order valence-electron chi connectivity index (χ1n) is 4.87. The minimum absolute atomic E-state index is 0.129. The summed E-state index contributed by atoms with van der Waals surface area (Å²) in [6, 6.07) is 5.30. The Morgan fingerprint density at radius 2 is 2.31 bits per heavy atom. The summed E-state index contributed by atoms with van der Waals surface area (Å²) in [6.45, 7) is 0.414. The zero-order chi connectivity index (χ0) is 11.5. The fourth-order valence-electron chi connectivity index (χ4n) is 1.53. The van der Waals surface area contributed by atoms with E-state index in [2.05, 4.69) is 4.98 Å². The highest BCUT2D eigenvalue weighted by molar-refractivity contribution is 6.35. The van der Waals surface area contributed by atoms with Crippen LogP contribution in [0, 0.1) is 0 Å². The molecule has 4 heteroatoms. The number of hydrogen-bond donors (Lipinski definition) is 2. The lowest BCUT2D eigenvalue weighted by atomic mass is 10.1. The van der Waals surface area contributed by atoms with Crippen molar-refractivity contribution in [3.8, 4) is 5.75 Å². The van der Waals surface area contributed by atoms with Gasteiger partial charge in [0.2, 0.25) is 0 Å². The molecule has 82 valence electrons. The molecule has 0 radical (unpaired) electrons. The molecule has 1 heterocycles. The third kappa shape index (κ3) is 1.87. The van der Waals surface area contributed by atoms with Crippen molar-refractivity contribution in [2.24, 2.45) is 5.73 Å². The fraction of sp³-hybridized carbons (Fsp3) is 0.0833. The van der Waals surface area contributed by atoms with Crippen LogP contribution in [-0.4, -0.2) is 16.6 Å². The van der Waals surface area contributed by atoms with Crippen LogP contribution in [0.2, 0.25) is 5.02 Å². The van der Waals surface area contributed by atoms with Crippen LogP contribution in [0.3, 0.4) is 0 Å². The molecule has 0 aliphatic rings. The highest BCUT2D eigenvalue weighted by Gasteiger charge is 2.08. The molecule has 0 atom stereocenters. The van der Waals surface area contributed by atoms with E-state index in [0.29, 0.717) is 22.6 Å². The summed E-state index contributed by atoms with van der Waals surface area (Å²) in [5.74, 6) is 0.129. The van der Waals surface area contributed by atoms with Crippen molar-refractivity contribution in [2.45, 2.75) is 0 Å². The van der Waals surface area contributed by atoms with Crippen LogP contribution < -0.4 is 5.73 Å². The number of phenols is 1. The van der Waals surface area contributed by atoms with Gasteiger partial charge >= 0.3 is 0 Å². The first-order valence-corrected chi connectivity index (χ1v) is 5.24. The van der Waals surface area contributed by atoms with Gasteiger partial charge in [0.15, 0.2) is 0 Å². The summed E-state index contributed by atoms with van der Waals surface area (Å²) in [5.41, 5.74) is 6.49. The number of aromatic hydroxyl groups is 1. The van der Waals surface area contributed by atoms with E-state index in [1.807, 2.05) is 6.07 Å². The Hall–Kier alpha value is -1.58. The predicted molar refractivity (Wildman–Crippen MR) is 66.5 cm³/mol. The molecule has 0 fully saturated rings. The molecular formula is C12H11ClN2O. The standard InChI is InChI=1S/C12H11ClN2O/c13-10-7-8(3-1-5-14)12(16)11-9(10)4-2-6-15-11/h1-4,6-7,16H,5,14H2. The maximum Gasteiger partial charge on any atom is 0.149 e. The summed E-state index contributed by atoms with van der Waals surface area (Å²) >= 11 is 6.10. The molecule has 0 saturated heterocycles. The largest absolute Gasteiger partial charge is 0.505 e. The van der Waals surface area contributed by atoms with E-state index >= 15 is 0 Å². The number of phenolic OH excluding ortho intramolecular Hbond substituents is 1. The minimum Gasteiger partial charge on any atom is -0.505 e. The molecular weight excluding hydrogens is 224 g/mol. The van der Waals surface area contributed by atoms with Gasteiger partial charge in [-0.1, -0.05) is 23.8 Å². The molecule has 3 N–H and O–H groups in total. The van der Waals surface area contributed by atoms with Crippen LogP contribution in [0.15, 0.2) is 30.5 Å². The highest BCUT2D eigenvalue weighted by Crippen LogP contribution is 2.33. The Labute approximate surface area is 98.2 Å². The van der Waals surface area contributed by atoms with Gasteiger partial charge in [0.25, 0.3) is 0 Å². The Balaban J connectivity index is 2.70. The molecule has 0 saturated carbocycles. The van der Waals surface area contributed by atoms with Gasteiger partial charge in [0.05, 0.1) is 5.02 Å². The average Bonchev–Trinajstić information content (AvgIpc) is 2.32. The van der Waals surface area contributed by atoms with Gasteiger partial charge in [0, 0.05) is 23.7 Å². The molecule has 1 aromatic carbocycles. The monoisotopic (exact) mass is 234 g/mol. The summed E-state index contributed by atoms with van der Waals surface area (Å²) < 4.78 is 0. The van der Waals surface area contributed by atoms with Gasteiger partial charge in [-0.25, -0.2) is 0 Å². The van der Waals surface area contributed by atoms with Crippen LogP contribution in [0.25, 0.3) is 17.0 Å². The second kappa shape index (κ2) is 4.51. The molecule has 16 heavy (non-hydrogen) atoms. The predicted octanol–water partition coefficient (Wildman–Crippen LogP) is 2.57. The summed E-state index contributed by atoms with van der Waals surface area (Å²) in [6.07, 6.45) is 5.10. The van der Waals surface area contributed by atoms with E-state index in [9.17, 15) is 5.11 Å². The number of halogens is 1. The molecule has 0 unspecified atom stereocenters. The third-order valence-corrected chi connectivity index (χ3v) is 2.59. The number of rotatable bonds is 2. The lowest BCUT2D eigenvalue weighted by Gasteiger charge is -2.05. The lowest BCUT2D eigenvalue weighted by Crippen LogP contribution is -1.92. The van der Waals surface area contributed by atoms with Gasteiger partial charge in [-0.15, -0.1) is 0 Å². The van der Waals surface area contributed by atoms with Crippen LogP contribution >= 0.6 is 11.6 Å². The van der Waals surface area contributed by atoms with Gasteiger partial charge < -0.3 is 10.8 Å². The van der Waals surface area contributed by atoms with Crippen LogP contribution in [0.5, 0.6) is 5.75 Å². The first kappa shape index (κ1) is 10.9. The van der Waals surface area contributed by atoms with Crippen LogP contribution in [0.1, 0.15) is 5.56 Å². The molecule has 0 amide bonds. The van der Waals surface area contributed by atoms with E-state index in [1.165, 1.54) is 0 Å². The van der Waals surface area contributed by atoms with Crippen molar-refractivity contribution < 1.29 is 5.11 Å². The number of nitrogens with two attached hydrogens (primary N) is 1. The number of benzene rings is 1. The second-order valence-corrected chi connectivity index (χ2v) is 3.74. The van der Waals surface area contributed by atoms with E-state index in [4.69, 9.17) is 17.3 Å². The normalized spacial score (nSPS) is 11.4. The quantitative estimate of drug-likeness (QED) is 0.840. The molecule has 0 bridgehead atoms. The fourth-order valence-corrected chi connectivity index (χ4v) is 1.80. The average molecular weight is 235 g/mol. The Bertz CT molecular complexity index is 552.